The molecule has 1 saturated heterocycles. The van der Waals surface area contributed by atoms with E-state index >= 15 is 0 Å². The van der Waals surface area contributed by atoms with Crippen LogP contribution in [-0.2, 0) is 26.1 Å². The average Bonchev–Trinajstić information content (AvgIpc) is 3.37. The first kappa shape index (κ1) is 26.4. The molecule has 3 aromatic rings. The molecular weight excluding hydrogens is 530 g/mol. The molecule has 0 radical (unpaired) electrons. The Bertz CT molecular complexity index is 1520. The third kappa shape index (κ3) is 5.47. The van der Waals surface area contributed by atoms with E-state index in [1.165, 1.54) is 39.9 Å². The molecule has 2 aliphatic heterocycles. The van der Waals surface area contributed by atoms with E-state index in [0.717, 1.165) is 35.9 Å². The van der Waals surface area contributed by atoms with Crippen LogP contribution in [0.3, 0.4) is 0 Å². The van der Waals surface area contributed by atoms with Crippen molar-refractivity contribution < 1.29 is 32.2 Å². The number of hydrogen-bond acceptors (Lipinski definition) is 8. The number of carbonyl (C=O) groups excluding carboxylic acids is 2. The number of aryl methyl sites for hydroxylation is 1. The Balaban J connectivity index is 1.44. The highest BCUT2D eigenvalue weighted by Crippen LogP contribution is 2.37. The number of nitrogens with zero attached hydrogens (tertiary/aromatic N) is 3. The molecule has 0 bridgehead atoms. The molecule has 10 nitrogen and oxygen atoms in total. The van der Waals surface area contributed by atoms with Crippen molar-refractivity contribution in [3.05, 3.63) is 46.8 Å². The Kier molecular flexibility index (Phi) is 7.82. The zero-order valence-corrected chi connectivity index (χ0v) is 22.7. The number of sulfonamides is 1. The summed E-state index contributed by atoms with van der Waals surface area (Å²) in [5, 5.41) is 0. The van der Waals surface area contributed by atoms with Crippen LogP contribution in [0.4, 0.5) is 0 Å². The van der Waals surface area contributed by atoms with Crippen molar-refractivity contribution in [1.29, 1.82) is 0 Å². The lowest BCUT2D eigenvalue weighted by Gasteiger charge is -2.19. The average molecular weight is 560 g/mol. The van der Waals surface area contributed by atoms with Crippen molar-refractivity contribution in [1.82, 2.24) is 8.87 Å². The Morgan fingerprint density at radius 3 is 2.39 bits per heavy atom. The van der Waals surface area contributed by atoms with Gasteiger partial charge in [0, 0.05) is 37.3 Å². The molecule has 5 rings (SSSR count). The molecule has 2 aromatic carbocycles. The molecule has 38 heavy (non-hydrogen) atoms. The zero-order chi connectivity index (χ0) is 26.7. The monoisotopic (exact) mass is 559 g/mol. The van der Waals surface area contributed by atoms with Gasteiger partial charge in [-0.15, -0.1) is 0 Å². The van der Waals surface area contributed by atoms with Crippen LogP contribution in [-0.4, -0.2) is 55.7 Å². The summed E-state index contributed by atoms with van der Waals surface area (Å²) in [6.45, 7) is 3.44. The lowest BCUT2D eigenvalue weighted by atomic mass is 10.2. The van der Waals surface area contributed by atoms with E-state index in [9.17, 15) is 18.0 Å². The van der Waals surface area contributed by atoms with Gasteiger partial charge in [-0.1, -0.05) is 24.2 Å². The molecule has 0 N–H and O–H groups in total. The third-order valence-electron chi connectivity index (χ3n) is 6.52. The van der Waals surface area contributed by atoms with Crippen molar-refractivity contribution >= 4 is 43.5 Å². The molecule has 1 fully saturated rings. The first-order chi connectivity index (χ1) is 18.4. The highest BCUT2D eigenvalue weighted by molar-refractivity contribution is 7.89. The number of carbonyl (C=O) groups is 2. The van der Waals surface area contributed by atoms with Gasteiger partial charge in [0.1, 0.15) is 0 Å². The first-order valence-corrected chi connectivity index (χ1v) is 14.9. The van der Waals surface area contributed by atoms with Gasteiger partial charge in [-0.2, -0.15) is 9.30 Å². The number of rotatable bonds is 7. The van der Waals surface area contributed by atoms with Crippen LogP contribution in [0.2, 0.25) is 0 Å². The zero-order valence-electron chi connectivity index (χ0n) is 21.1. The Morgan fingerprint density at radius 1 is 1.03 bits per heavy atom. The number of esters is 1. The van der Waals surface area contributed by atoms with E-state index in [1.807, 2.05) is 12.1 Å². The molecule has 3 heterocycles. The molecule has 12 heteroatoms. The van der Waals surface area contributed by atoms with Crippen LogP contribution in [0, 0.1) is 0 Å². The van der Waals surface area contributed by atoms with Gasteiger partial charge in [0.25, 0.3) is 5.91 Å². The summed E-state index contributed by atoms with van der Waals surface area (Å²) >= 11 is 1.29. The second-order valence-electron chi connectivity index (χ2n) is 9.02. The highest BCUT2D eigenvalue weighted by Gasteiger charge is 2.25. The minimum Gasteiger partial charge on any atom is -0.466 e. The van der Waals surface area contributed by atoms with E-state index in [2.05, 4.69) is 4.99 Å². The third-order valence-corrected chi connectivity index (χ3v) is 9.48. The van der Waals surface area contributed by atoms with E-state index in [4.69, 9.17) is 14.2 Å². The van der Waals surface area contributed by atoms with Gasteiger partial charge in [0.15, 0.2) is 16.3 Å². The van der Waals surface area contributed by atoms with Crippen molar-refractivity contribution in [3.8, 4) is 11.5 Å². The van der Waals surface area contributed by atoms with Gasteiger partial charge in [0.05, 0.1) is 28.1 Å². The van der Waals surface area contributed by atoms with Crippen molar-refractivity contribution in [2.24, 2.45) is 4.99 Å². The second kappa shape index (κ2) is 11.3. The predicted molar refractivity (Wildman–Crippen MR) is 141 cm³/mol. The van der Waals surface area contributed by atoms with Gasteiger partial charge >= 0.3 is 5.97 Å². The van der Waals surface area contributed by atoms with Gasteiger partial charge in [-0.05, 0) is 44.0 Å². The SMILES string of the molecule is CCOC(=O)CCn1c(=NC(=O)c2ccc(S(=O)(=O)N3CCCCCC3)cc2)sc2cc3c(cc21)OCO3. The largest absolute Gasteiger partial charge is 0.466 e. The highest BCUT2D eigenvalue weighted by atomic mass is 32.2. The molecule has 0 spiro atoms. The van der Waals surface area contributed by atoms with E-state index in [1.54, 1.807) is 11.5 Å². The number of ether oxygens (including phenoxy) is 3. The summed E-state index contributed by atoms with van der Waals surface area (Å²) in [4.78, 5) is 30.1. The topological polar surface area (TPSA) is 117 Å². The van der Waals surface area contributed by atoms with E-state index in [-0.39, 0.29) is 42.8 Å². The lowest BCUT2D eigenvalue weighted by Crippen LogP contribution is -2.31. The molecule has 0 aliphatic carbocycles. The van der Waals surface area contributed by atoms with Crippen LogP contribution >= 0.6 is 11.3 Å². The number of aromatic nitrogens is 1. The fourth-order valence-electron chi connectivity index (χ4n) is 4.55. The van der Waals surface area contributed by atoms with Crippen molar-refractivity contribution in [2.75, 3.05) is 26.5 Å². The molecule has 1 amide bonds. The standard InChI is InChI=1S/C26H29N3O7S2/c1-2-34-24(30)11-14-29-20-15-21-22(36-17-35-21)16-23(20)37-26(29)27-25(31)18-7-9-19(10-8-18)38(32,33)28-12-5-3-4-6-13-28/h7-10,15-16H,2-6,11-14,17H2,1H3. The molecule has 2 aliphatic rings. The lowest BCUT2D eigenvalue weighted by molar-refractivity contribution is -0.143. The van der Waals surface area contributed by atoms with Crippen LogP contribution < -0.4 is 14.3 Å². The number of benzene rings is 2. The predicted octanol–water partition coefficient (Wildman–Crippen LogP) is 3.69. The molecule has 1 aromatic heterocycles. The van der Waals surface area contributed by atoms with Crippen molar-refractivity contribution in [2.45, 2.75) is 50.5 Å². The maximum Gasteiger partial charge on any atom is 0.307 e. The normalized spacial score (nSPS) is 16.5. The summed E-state index contributed by atoms with van der Waals surface area (Å²) in [7, 11) is -3.61. The summed E-state index contributed by atoms with van der Waals surface area (Å²) in [5.74, 6) is 0.327. The number of thiazole rings is 1. The first-order valence-electron chi connectivity index (χ1n) is 12.6. The molecule has 0 saturated carbocycles. The minimum atomic E-state index is -3.61. The number of hydrogen-bond donors (Lipinski definition) is 0. The van der Waals surface area contributed by atoms with Gasteiger partial charge < -0.3 is 18.8 Å². The maximum atomic E-state index is 13.1. The van der Waals surface area contributed by atoms with Gasteiger partial charge in [0.2, 0.25) is 16.8 Å². The van der Waals surface area contributed by atoms with E-state index in [0.29, 0.717) is 29.4 Å². The fourth-order valence-corrected chi connectivity index (χ4v) is 7.13. The van der Waals surface area contributed by atoms with Gasteiger partial charge in [-0.25, -0.2) is 8.42 Å². The summed E-state index contributed by atoms with van der Waals surface area (Å²) in [6, 6.07) is 9.54. The molecular formula is C26H29N3O7S2. The maximum absolute atomic E-state index is 13.1. The summed E-state index contributed by atoms with van der Waals surface area (Å²) in [5.41, 5.74) is 1.03. The smallest absolute Gasteiger partial charge is 0.307 e. The fraction of sp³-hybridized carbons (Fsp3) is 0.423. The minimum absolute atomic E-state index is 0.110. The van der Waals surface area contributed by atoms with Crippen LogP contribution in [0.15, 0.2) is 46.3 Å². The Hall–Kier alpha value is -3.22. The van der Waals surface area contributed by atoms with Gasteiger partial charge in [-0.3, -0.25) is 9.59 Å². The van der Waals surface area contributed by atoms with Crippen molar-refractivity contribution in [3.63, 3.8) is 0 Å². The number of fused-ring (bicyclic) bond motifs is 2. The molecule has 202 valence electrons. The van der Waals surface area contributed by atoms with E-state index < -0.39 is 15.9 Å². The summed E-state index contributed by atoms with van der Waals surface area (Å²) in [6.07, 6.45) is 3.86. The Morgan fingerprint density at radius 2 is 1.71 bits per heavy atom. The van der Waals surface area contributed by atoms with Crippen LogP contribution in [0.1, 0.15) is 49.4 Å². The molecule has 0 unspecified atom stereocenters. The molecule has 0 atom stereocenters. The Labute approximate surface area is 224 Å². The van der Waals surface area contributed by atoms with Crippen LogP contribution in [0.5, 0.6) is 11.5 Å². The number of amides is 1. The van der Waals surface area contributed by atoms with Crippen LogP contribution in [0.25, 0.3) is 10.2 Å². The second-order valence-corrected chi connectivity index (χ2v) is 12.0. The summed E-state index contributed by atoms with van der Waals surface area (Å²) < 4.78 is 46.3. The quantitative estimate of drug-likeness (QED) is 0.405.